The van der Waals surface area contributed by atoms with Crippen LogP contribution in [0.3, 0.4) is 0 Å². The number of aromatic amines is 1. The van der Waals surface area contributed by atoms with Gasteiger partial charge in [-0.2, -0.15) is 9.50 Å². The molecule has 136 valence electrons. The summed E-state index contributed by atoms with van der Waals surface area (Å²) in [5.41, 5.74) is 2.40. The molecular formula is C21H20N4O2. The average molecular weight is 360 g/mol. The van der Waals surface area contributed by atoms with E-state index in [-0.39, 0.29) is 12.2 Å². The summed E-state index contributed by atoms with van der Waals surface area (Å²) in [6.07, 6.45) is 0. The van der Waals surface area contributed by atoms with Crippen molar-refractivity contribution in [1.82, 2.24) is 19.6 Å². The van der Waals surface area contributed by atoms with E-state index < -0.39 is 0 Å². The van der Waals surface area contributed by atoms with Gasteiger partial charge in [0.05, 0.1) is 5.69 Å². The van der Waals surface area contributed by atoms with Crippen LogP contribution in [0.25, 0.3) is 17.2 Å². The third kappa shape index (κ3) is 3.46. The molecule has 4 aromatic rings. The number of fused-ring (bicyclic) bond motifs is 1. The largest absolute Gasteiger partial charge is 0.487 e. The third-order valence-corrected chi connectivity index (χ3v) is 4.34. The second-order valence-electron chi connectivity index (χ2n) is 6.65. The lowest BCUT2D eigenvalue weighted by Gasteiger charge is -2.13. The van der Waals surface area contributed by atoms with Crippen LogP contribution < -0.4 is 10.3 Å². The molecule has 0 fully saturated rings. The number of para-hydroxylation sites is 1. The molecule has 0 saturated heterocycles. The average Bonchev–Trinajstić information content (AvgIpc) is 3.12. The lowest BCUT2D eigenvalue weighted by molar-refractivity contribution is 0.297. The molecule has 0 spiro atoms. The maximum atomic E-state index is 12.4. The molecule has 0 saturated carbocycles. The van der Waals surface area contributed by atoms with Crippen molar-refractivity contribution >= 4 is 5.78 Å². The number of hydrogen-bond donors (Lipinski definition) is 1. The minimum Gasteiger partial charge on any atom is -0.487 e. The van der Waals surface area contributed by atoms with Gasteiger partial charge in [0.1, 0.15) is 12.4 Å². The van der Waals surface area contributed by atoms with Gasteiger partial charge in [0, 0.05) is 11.6 Å². The molecule has 0 aliphatic heterocycles. The zero-order valence-corrected chi connectivity index (χ0v) is 15.2. The van der Waals surface area contributed by atoms with E-state index in [1.807, 2.05) is 48.5 Å². The van der Waals surface area contributed by atoms with Crippen LogP contribution in [-0.2, 0) is 6.61 Å². The quantitative estimate of drug-likeness (QED) is 0.588. The Hall–Kier alpha value is -3.41. The van der Waals surface area contributed by atoms with Crippen molar-refractivity contribution in [3.8, 4) is 17.1 Å². The van der Waals surface area contributed by atoms with Gasteiger partial charge in [0.2, 0.25) is 5.78 Å². The number of aromatic nitrogens is 4. The van der Waals surface area contributed by atoms with E-state index in [0.717, 1.165) is 16.9 Å². The van der Waals surface area contributed by atoms with Crippen molar-refractivity contribution in [2.45, 2.75) is 26.4 Å². The van der Waals surface area contributed by atoms with Crippen LogP contribution >= 0.6 is 0 Å². The Kier molecular flexibility index (Phi) is 4.46. The Labute approximate surface area is 156 Å². The molecular weight excluding hydrogens is 340 g/mol. The van der Waals surface area contributed by atoms with Crippen LogP contribution in [0, 0.1) is 0 Å². The van der Waals surface area contributed by atoms with Gasteiger partial charge >= 0.3 is 0 Å². The summed E-state index contributed by atoms with van der Waals surface area (Å²) in [5, 5.41) is 4.30. The Balaban J connectivity index is 1.63. The van der Waals surface area contributed by atoms with Crippen molar-refractivity contribution in [3.05, 3.63) is 82.3 Å². The van der Waals surface area contributed by atoms with E-state index >= 15 is 0 Å². The topological polar surface area (TPSA) is 72.3 Å². The highest BCUT2D eigenvalue weighted by Gasteiger charge is 2.11. The molecule has 6 heteroatoms. The molecule has 2 aromatic carbocycles. The number of H-pyrrole nitrogens is 1. The zero-order chi connectivity index (χ0) is 18.8. The predicted octanol–water partition coefficient (Wildman–Crippen LogP) is 3.79. The lowest BCUT2D eigenvalue weighted by atomic mass is 10.0. The summed E-state index contributed by atoms with van der Waals surface area (Å²) in [7, 11) is 0. The molecule has 0 aliphatic rings. The SMILES string of the molecule is CC(C)c1ccccc1OCc1cc(=O)n2nc(-c3ccccc3)nc2[nH]1. The van der Waals surface area contributed by atoms with E-state index in [1.165, 1.54) is 10.6 Å². The molecule has 0 atom stereocenters. The van der Waals surface area contributed by atoms with E-state index in [1.54, 1.807) is 0 Å². The van der Waals surface area contributed by atoms with E-state index in [4.69, 9.17) is 4.74 Å². The maximum absolute atomic E-state index is 12.4. The molecule has 0 radical (unpaired) electrons. The second-order valence-corrected chi connectivity index (χ2v) is 6.65. The first-order valence-corrected chi connectivity index (χ1v) is 8.88. The van der Waals surface area contributed by atoms with Crippen LogP contribution in [0.2, 0.25) is 0 Å². The number of nitrogens with zero attached hydrogens (tertiary/aromatic N) is 3. The van der Waals surface area contributed by atoms with Gasteiger partial charge < -0.3 is 9.72 Å². The first kappa shape index (κ1) is 17.0. The highest BCUT2D eigenvalue weighted by Crippen LogP contribution is 2.26. The summed E-state index contributed by atoms with van der Waals surface area (Å²) in [4.78, 5) is 20.0. The summed E-state index contributed by atoms with van der Waals surface area (Å²) >= 11 is 0. The smallest absolute Gasteiger partial charge is 0.276 e. The predicted molar refractivity (Wildman–Crippen MR) is 104 cm³/mol. The standard InChI is InChI=1S/C21H20N4O2/c1-14(2)17-10-6-7-11-18(17)27-13-16-12-19(26)25-21(22-16)23-20(24-25)15-8-4-3-5-9-15/h3-12,14H,13H2,1-2H3,(H,22,23,24). The molecule has 1 N–H and O–H groups in total. The molecule has 0 amide bonds. The minimum absolute atomic E-state index is 0.242. The molecule has 4 rings (SSSR count). The zero-order valence-electron chi connectivity index (χ0n) is 15.2. The van der Waals surface area contributed by atoms with Gasteiger partial charge in [-0.15, -0.1) is 5.10 Å². The number of benzene rings is 2. The van der Waals surface area contributed by atoms with Crippen LogP contribution in [0.5, 0.6) is 5.75 Å². The van der Waals surface area contributed by atoms with Gasteiger partial charge in [-0.1, -0.05) is 62.4 Å². The van der Waals surface area contributed by atoms with Crippen LogP contribution in [-0.4, -0.2) is 19.6 Å². The second kappa shape index (κ2) is 7.07. The molecule has 0 aliphatic carbocycles. The van der Waals surface area contributed by atoms with Gasteiger partial charge in [-0.05, 0) is 17.5 Å². The first-order chi connectivity index (χ1) is 13.1. The van der Waals surface area contributed by atoms with Gasteiger partial charge in [-0.25, -0.2) is 0 Å². The number of hydrogen-bond acceptors (Lipinski definition) is 4. The van der Waals surface area contributed by atoms with Crippen LogP contribution in [0.1, 0.15) is 31.0 Å². The molecule has 2 aromatic heterocycles. The van der Waals surface area contributed by atoms with Crippen LogP contribution in [0.15, 0.2) is 65.5 Å². The van der Waals surface area contributed by atoms with Crippen molar-refractivity contribution in [2.75, 3.05) is 0 Å². The first-order valence-electron chi connectivity index (χ1n) is 8.88. The Bertz CT molecular complexity index is 1130. The molecule has 27 heavy (non-hydrogen) atoms. The molecule has 0 unspecified atom stereocenters. The minimum atomic E-state index is -0.242. The highest BCUT2D eigenvalue weighted by atomic mass is 16.5. The Morgan fingerprint density at radius 1 is 1.07 bits per heavy atom. The summed E-state index contributed by atoms with van der Waals surface area (Å²) in [6, 6.07) is 19.0. The molecule has 6 nitrogen and oxygen atoms in total. The number of nitrogens with one attached hydrogen (secondary N) is 1. The summed E-state index contributed by atoms with van der Waals surface area (Å²) in [5.74, 6) is 2.08. The molecule has 0 bridgehead atoms. The van der Waals surface area contributed by atoms with Crippen molar-refractivity contribution in [3.63, 3.8) is 0 Å². The highest BCUT2D eigenvalue weighted by molar-refractivity contribution is 5.56. The van der Waals surface area contributed by atoms with Gasteiger partial charge in [0.25, 0.3) is 5.56 Å². The lowest BCUT2D eigenvalue weighted by Crippen LogP contribution is -2.16. The summed E-state index contributed by atoms with van der Waals surface area (Å²) in [6.45, 7) is 4.50. The third-order valence-electron chi connectivity index (χ3n) is 4.34. The van der Waals surface area contributed by atoms with Crippen molar-refractivity contribution in [2.24, 2.45) is 0 Å². The fourth-order valence-corrected chi connectivity index (χ4v) is 2.97. The van der Waals surface area contributed by atoms with Crippen molar-refractivity contribution in [1.29, 1.82) is 0 Å². The van der Waals surface area contributed by atoms with Crippen molar-refractivity contribution < 1.29 is 4.74 Å². The van der Waals surface area contributed by atoms with E-state index in [0.29, 0.717) is 23.2 Å². The van der Waals surface area contributed by atoms with E-state index in [9.17, 15) is 4.79 Å². The van der Waals surface area contributed by atoms with E-state index in [2.05, 4.69) is 35.0 Å². The summed E-state index contributed by atoms with van der Waals surface area (Å²) < 4.78 is 7.22. The number of ether oxygens (including phenoxy) is 1. The normalized spacial score (nSPS) is 11.2. The van der Waals surface area contributed by atoms with Gasteiger partial charge in [-0.3, -0.25) is 4.79 Å². The number of rotatable bonds is 5. The molecule has 2 heterocycles. The fourth-order valence-electron chi connectivity index (χ4n) is 2.97. The van der Waals surface area contributed by atoms with Gasteiger partial charge in [0.15, 0.2) is 5.82 Å². The monoisotopic (exact) mass is 360 g/mol. The fraction of sp³-hybridized carbons (Fsp3) is 0.190. The Morgan fingerprint density at radius 3 is 2.59 bits per heavy atom. The Morgan fingerprint density at radius 2 is 1.81 bits per heavy atom. The van der Waals surface area contributed by atoms with Crippen LogP contribution in [0.4, 0.5) is 0 Å². The maximum Gasteiger partial charge on any atom is 0.276 e.